The Labute approximate surface area is 198 Å². The van der Waals surface area contributed by atoms with Gasteiger partial charge in [-0.25, -0.2) is 15.0 Å². The molecule has 3 aliphatic rings. The van der Waals surface area contributed by atoms with Crippen molar-refractivity contribution in [2.45, 2.75) is 31.3 Å². The van der Waals surface area contributed by atoms with Crippen molar-refractivity contribution in [1.82, 2.24) is 19.5 Å². The average molecular weight is 510 g/mol. The molecule has 32 heavy (non-hydrogen) atoms. The number of hydrogen-bond donors (Lipinski definition) is 1. The minimum atomic E-state index is -0.511. The summed E-state index contributed by atoms with van der Waals surface area (Å²) in [6, 6.07) is 16.1. The number of halogens is 1. The zero-order valence-corrected chi connectivity index (χ0v) is 19.6. The molecule has 1 atom stereocenters. The highest BCUT2D eigenvalue weighted by Gasteiger charge is 2.26. The number of nitrogens with zero attached hydrogens (tertiary/aromatic N) is 4. The van der Waals surface area contributed by atoms with Gasteiger partial charge in [-0.15, -0.1) is 0 Å². The Kier molecular flexibility index (Phi) is 5.75. The second-order valence-corrected chi connectivity index (χ2v) is 9.15. The molecule has 1 unspecified atom stereocenters. The van der Waals surface area contributed by atoms with Crippen LogP contribution in [0.25, 0.3) is 11.5 Å². The van der Waals surface area contributed by atoms with Crippen molar-refractivity contribution in [2.75, 3.05) is 5.73 Å². The third-order valence-corrected chi connectivity index (χ3v) is 6.70. The predicted octanol–water partition coefficient (Wildman–Crippen LogP) is 5.31. The molecule has 0 saturated carbocycles. The highest BCUT2D eigenvalue weighted by atomic mass is 79.9. The zero-order valence-electron chi connectivity index (χ0n) is 17.2. The molecular formula is C23H20BrN5O2S. The SMILES string of the molecule is Cc1ccccc1CCn1cnc(N)c2nc(SC3=COC(c4ccccc4Br)O3)nc1-2. The lowest BCUT2D eigenvalue weighted by Crippen LogP contribution is -2.10. The molecule has 0 bridgehead atoms. The summed E-state index contributed by atoms with van der Waals surface area (Å²) >= 11 is 4.83. The van der Waals surface area contributed by atoms with Gasteiger partial charge in [-0.05, 0) is 42.3 Å². The molecule has 7 nitrogen and oxygen atoms in total. The first-order chi connectivity index (χ1) is 15.6. The first-order valence-corrected chi connectivity index (χ1v) is 11.7. The lowest BCUT2D eigenvalue weighted by atomic mass is 10.1. The van der Waals surface area contributed by atoms with Gasteiger partial charge in [-0.3, -0.25) is 0 Å². The van der Waals surface area contributed by atoms with Crippen LogP contribution in [0, 0.1) is 6.92 Å². The van der Waals surface area contributed by atoms with Crippen molar-refractivity contribution >= 4 is 33.5 Å². The van der Waals surface area contributed by atoms with Gasteiger partial charge in [0.25, 0.3) is 6.29 Å². The van der Waals surface area contributed by atoms with Crippen LogP contribution in [-0.4, -0.2) is 19.5 Å². The number of imidazole rings is 1. The highest BCUT2D eigenvalue weighted by Crippen LogP contribution is 2.40. The van der Waals surface area contributed by atoms with Gasteiger partial charge in [-0.1, -0.05) is 58.4 Å². The van der Waals surface area contributed by atoms with Crippen LogP contribution in [0.2, 0.25) is 0 Å². The molecule has 0 spiro atoms. The van der Waals surface area contributed by atoms with Crippen molar-refractivity contribution in [3.63, 3.8) is 0 Å². The Morgan fingerprint density at radius 3 is 2.78 bits per heavy atom. The molecule has 0 aromatic heterocycles. The van der Waals surface area contributed by atoms with Crippen LogP contribution in [0.15, 0.2) is 75.8 Å². The molecular weight excluding hydrogens is 490 g/mol. The van der Waals surface area contributed by atoms with Crippen molar-refractivity contribution in [3.8, 4) is 11.5 Å². The Bertz CT molecular complexity index is 1270. The van der Waals surface area contributed by atoms with Crippen LogP contribution < -0.4 is 5.73 Å². The Morgan fingerprint density at radius 1 is 1.12 bits per heavy atom. The first-order valence-electron chi connectivity index (χ1n) is 10.1. The van der Waals surface area contributed by atoms with E-state index in [4.69, 9.17) is 20.2 Å². The summed E-state index contributed by atoms with van der Waals surface area (Å²) in [4.78, 5) is 13.6. The minimum Gasteiger partial charge on any atom is -0.454 e. The molecule has 0 amide bonds. The van der Waals surface area contributed by atoms with E-state index in [0.717, 1.165) is 23.0 Å². The topological polar surface area (TPSA) is 88.1 Å². The van der Waals surface area contributed by atoms with Crippen LogP contribution in [0.3, 0.4) is 0 Å². The summed E-state index contributed by atoms with van der Waals surface area (Å²) in [5.41, 5.74) is 10.1. The third-order valence-electron chi connectivity index (χ3n) is 5.22. The molecule has 162 valence electrons. The maximum Gasteiger partial charge on any atom is 0.268 e. The summed E-state index contributed by atoms with van der Waals surface area (Å²) in [5.74, 6) is 1.06. The van der Waals surface area contributed by atoms with Crippen molar-refractivity contribution in [1.29, 1.82) is 0 Å². The van der Waals surface area contributed by atoms with E-state index in [-0.39, 0.29) is 0 Å². The Balaban J connectivity index is 1.33. The molecule has 2 aromatic rings. The molecule has 2 aromatic carbocycles. The van der Waals surface area contributed by atoms with Crippen molar-refractivity contribution in [2.24, 2.45) is 0 Å². The van der Waals surface area contributed by atoms with E-state index < -0.39 is 6.29 Å². The molecule has 0 radical (unpaired) electrons. The van der Waals surface area contributed by atoms with E-state index in [9.17, 15) is 0 Å². The molecule has 9 heteroatoms. The fourth-order valence-electron chi connectivity index (χ4n) is 3.49. The van der Waals surface area contributed by atoms with Crippen molar-refractivity contribution < 1.29 is 9.47 Å². The van der Waals surface area contributed by atoms with Crippen molar-refractivity contribution in [3.05, 3.63) is 87.4 Å². The van der Waals surface area contributed by atoms with Crippen LogP contribution >= 0.6 is 27.7 Å². The number of nitrogen functional groups attached to an aromatic ring is 1. The Hall–Kier alpha value is -3.04. The normalized spacial score (nSPS) is 15.4. The third kappa shape index (κ3) is 4.18. The molecule has 0 aliphatic carbocycles. The largest absolute Gasteiger partial charge is 0.454 e. The van der Waals surface area contributed by atoms with E-state index in [1.165, 1.54) is 22.9 Å². The van der Waals surface area contributed by atoms with Gasteiger partial charge in [-0.2, -0.15) is 0 Å². The van der Waals surface area contributed by atoms with Gasteiger partial charge in [0.05, 0.1) is 6.33 Å². The van der Waals surface area contributed by atoms with E-state index in [2.05, 4.69) is 51.0 Å². The summed E-state index contributed by atoms with van der Waals surface area (Å²) in [6.07, 6.45) is 3.66. The second kappa shape index (κ2) is 8.84. The molecule has 3 heterocycles. The number of benzene rings is 2. The molecule has 2 N–H and O–H groups in total. The van der Waals surface area contributed by atoms with E-state index in [0.29, 0.717) is 27.6 Å². The summed E-state index contributed by atoms with van der Waals surface area (Å²) in [5, 5.41) is 1.12. The quantitative estimate of drug-likeness (QED) is 0.376. The summed E-state index contributed by atoms with van der Waals surface area (Å²) in [7, 11) is 0. The predicted molar refractivity (Wildman–Crippen MR) is 127 cm³/mol. The number of aryl methyl sites for hydroxylation is 3. The summed E-state index contributed by atoms with van der Waals surface area (Å²) < 4.78 is 14.5. The fourth-order valence-corrected chi connectivity index (χ4v) is 4.65. The number of nitrogens with two attached hydrogens (primary N) is 1. The maximum atomic E-state index is 6.08. The smallest absolute Gasteiger partial charge is 0.268 e. The Morgan fingerprint density at radius 2 is 1.94 bits per heavy atom. The van der Waals surface area contributed by atoms with Gasteiger partial charge < -0.3 is 19.8 Å². The monoisotopic (exact) mass is 509 g/mol. The standard InChI is InChI=1S/C23H20BrN5O2S/c1-14-6-2-3-7-15(14)10-11-29-13-26-20(25)19-21(29)28-23(27-19)32-18-12-30-22(31-18)16-8-4-5-9-17(16)24/h2-9,12-13,22H,10-11,25H2,1H3. The molecule has 5 rings (SSSR count). The van der Waals surface area contributed by atoms with Gasteiger partial charge in [0.15, 0.2) is 22.5 Å². The van der Waals surface area contributed by atoms with Crippen LogP contribution in [-0.2, 0) is 22.4 Å². The number of hydrogen-bond acceptors (Lipinski definition) is 7. The van der Waals surface area contributed by atoms with Crippen LogP contribution in [0.4, 0.5) is 5.82 Å². The lowest BCUT2D eigenvalue weighted by Gasteiger charge is -2.12. The van der Waals surface area contributed by atoms with Gasteiger partial charge >= 0.3 is 0 Å². The van der Waals surface area contributed by atoms with Crippen LogP contribution in [0.5, 0.6) is 0 Å². The number of fused-ring (bicyclic) bond motifs is 1. The van der Waals surface area contributed by atoms with E-state index >= 15 is 0 Å². The fraction of sp³-hybridized carbons (Fsp3) is 0.174. The van der Waals surface area contributed by atoms with Gasteiger partial charge in [0.2, 0.25) is 5.09 Å². The minimum absolute atomic E-state index is 0.357. The zero-order chi connectivity index (χ0) is 22.1. The number of ether oxygens (including phenoxy) is 2. The molecule has 0 saturated heterocycles. The summed E-state index contributed by atoms with van der Waals surface area (Å²) in [6.45, 7) is 2.84. The van der Waals surface area contributed by atoms with Crippen LogP contribution in [0.1, 0.15) is 23.0 Å². The highest BCUT2D eigenvalue weighted by molar-refractivity contribution is 9.10. The van der Waals surface area contributed by atoms with E-state index in [1.807, 2.05) is 34.9 Å². The van der Waals surface area contributed by atoms with E-state index in [1.54, 1.807) is 12.6 Å². The maximum absolute atomic E-state index is 6.08. The number of anilines is 1. The number of rotatable bonds is 6. The number of thioether (sulfide) groups is 1. The lowest BCUT2D eigenvalue weighted by molar-refractivity contribution is -0.0278. The van der Waals surface area contributed by atoms with Gasteiger partial charge in [0.1, 0.15) is 6.26 Å². The van der Waals surface area contributed by atoms with Gasteiger partial charge in [0, 0.05) is 16.6 Å². The molecule has 0 fully saturated rings. The molecule has 3 aliphatic heterocycles. The number of aromatic nitrogens is 4. The average Bonchev–Trinajstić information content (AvgIpc) is 3.43. The first kappa shape index (κ1) is 20.8. The second-order valence-electron chi connectivity index (χ2n) is 7.32.